The quantitative estimate of drug-likeness (QED) is 0.467. The third-order valence-electron chi connectivity index (χ3n) is 5.68. The van der Waals surface area contributed by atoms with Gasteiger partial charge in [-0.3, -0.25) is 14.5 Å². The molecule has 0 aliphatic carbocycles. The smallest absolute Gasteiger partial charge is 0.277 e. The minimum Gasteiger partial charge on any atom is -0.396 e. The molecule has 1 unspecified atom stereocenters. The lowest BCUT2D eigenvalue weighted by molar-refractivity contribution is -0.137. The van der Waals surface area contributed by atoms with Crippen molar-refractivity contribution in [2.45, 2.75) is 39.0 Å². The topological polar surface area (TPSA) is 70.1 Å². The molecule has 1 aromatic carbocycles. The molecule has 0 bridgehead atoms. The van der Waals surface area contributed by atoms with Crippen molar-refractivity contribution in [3.8, 4) is 0 Å². The van der Waals surface area contributed by atoms with E-state index in [2.05, 4.69) is 6.92 Å². The van der Waals surface area contributed by atoms with Crippen LogP contribution in [-0.4, -0.2) is 66.2 Å². The molecule has 1 fully saturated rings. The molecular formula is C23H31FN2O4. The summed E-state index contributed by atoms with van der Waals surface area (Å²) in [7, 11) is 0. The molecule has 0 spiro atoms. The number of aliphatic hydroxyl groups excluding tert-OH is 1. The fourth-order valence-corrected chi connectivity index (χ4v) is 4.03. The Morgan fingerprint density at radius 3 is 2.57 bits per heavy atom. The van der Waals surface area contributed by atoms with Crippen LogP contribution in [-0.2, 0) is 14.3 Å². The maximum absolute atomic E-state index is 13.4. The predicted octanol–water partition coefficient (Wildman–Crippen LogP) is 2.82. The van der Waals surface area contributed by atoms with Crippen LogP contribution in [0.1, 0.15) is 44.6 Å². The van der Waals surface area contributed by atoms with E-state index in [9.17, 15) is 19.1 Å². The number of unbranched alkanes of at least 4 members (excludes halogenated alkanes) is 1. The van der Waals surface area contributed by atoms with E-state index in [-0.39, 0.29) is 30.9 Å². The number of amides is 2. The van der Waals surface area contributed by atoms with E-state index in [0.29, 0.717) is 49.6 Å². The molecule has 0 aromatic heterocycles. The monoisotopic (exact) mass is 418 g/mol. The van der Waals surface area contributed by atoms with Crippen LogP contribution in [0.2, 0.25) is 0 Å². The third-order valence-corrected chi connectivity index (χ3v) is 5.68. The summed E-state index contributed by atoms with van der Waals surface area (Å²) < 4.78 is 19.0. The van der Waals surface area contributed by atoms with Gasteiger partial charge in [-0.25, -0.2) is 4.39 Å². The first-order chi connectivity index (χ1) is 14.6. The van der Waals surface area contributed by atoms with Gasteiger partial charge in [-0.2, -0.15) is 0 Å². The molecule has 2 aliphatic rings. The van der Waals surface area contributed by atoms with Gasteiger partial charge in [0.05, 0.1) is 5.57 Å². The molecule has 0 radical (unpaired) electrons. The van der Waals surface area contributed by atoms with E-state index in [4.69, 9.17) is 4.74 Å². The summed E-state index contributed by atoms with van der Waals surface area (Å²) in [6.07, 6.45) is 4.36. The Morgan fingerprint density at radius 1 is 1.13 bits per heavy atom. The first kappa shape index (κ1) is 22.4. The van der Waals surface area contributed by atoms with Crippen molar-refractivity contribution in [2.24, 2.45) is 5.92 Å². The molecule has 1 saturated heterocycles. The molecule has 164 valence electrons. The van der Waals surface area contributed by atoms with Gasteiger partial charge in [-0.1, -0.05) is 25.5 Å². The van der Waals surface area contributed by atoms with Crippen LogP contribution in [0.5, 0.6) is 0 Å². The molecule has 1 N–H and O–H groups in total. The van der Waals surface area contributed by atoms with Crippen molar-refractivity contribution in [3.05, 3.63) is 41.3 Å². The lowest BCUT2D eigenvalue weighted by atomic mass is 9.97. The van der Waals surface area contributed by atoms with Crippen molar-refractivity contribution in [2.75, 3.05) is 39.5 Å². The highest BCUT2D eigenvalue weighted by atomic mass is 19.1. The average molecular weight is 419 g/mol. The van der Waals surface area contributed by atoms with Crippen LogP contribution in [0.3, 0.4) is 0 Å². The second-order valence-corrected chi connectivity index (χ2v) is 7.95. The number of ether oxygens (including phenoxy) is 1. The van der Waals surface area contributed by atoms with Gasteiger partial charge in [0.15, 0.2) is 0 Å². The molecule has 30 heavy (non-hydrogen) atoms. The first-order valence-electron chi connectivity index (χ1n) is 10.9. The predicted molar refractivity (Wildman–Crippen MR) is 112 cm³/mol. The van der Waals surface area contributed by atoms with Crippen molar-refractivity contribution < 1.29 is 23.8 Å². The van der Waals surface area contributed by atoms with Crippen LogP contribution >= 0.6 is 0 Å². The average Bonchev–Trinajstić information content (AvgIpc) is 3.01. The number of hydrogen-bond donors (Lipinski definition) is 1. The Hall–Kier alpha value is -2.25. The SMILES string of the molecule is CCCCOCCCN1C(=O)C(c2ccc(F)cc2)=C(N2CCCC(CO)C2)C1=O. The molecule has 1 aromatic rings. The number of carbonyl (C=O) groups excluding carboxylic acids is 2. The Kier molecular flexibility index (Phi) is 7.99. The van der Waals surface area contributed by atoms with Crippen molar-refractivity contribution in [1.82, 2.24) is 9.80 Å². The van der Waals surface area contributed by atoms with E-state index in [1.807, 2.05) is 4.90 Å². The number of aliphatic hydroxyl groups is 1. The lowest BCUT2D eigenvalue weighted by Crippen LogP contribution is -2.40. The minimum atomic E-state index is -0.392. The molecular weight excluding hydrogens is 387 g/mol. The Bertz CT molecular complexity index is 778. The summed E-state index contributed by atoms with van der Waals surface area (Å²) in [5.41, 5.74) is 1.24. The zero-order valence-corrected chi connectivity index (χ0v) is 17.6. The number of halogens is 1. The number of benzene rings is 1. The van der Waals surface area contributed by atoms with Gasteiger partial charge in [0.25, 0.3) is 11.8 Å². The summed E-state index contributed by atoms with van der Waals surface area (Å²) in [5.74, 6) is -0.977. The van der Waals surface area contributed by atoms with Gasteiger partial charge in [0, 0.05) is 39.5 Å². The number of carbonyl (C=O) groups is 2. The maximum Gasteiger partial charge on any atom is 0.277 e. The summed E-state index contributed by atoms with van der Waals surface area (Å²) in [6, 6.07) is 5.69. The highest BCUT2D eigenvalue weighted by molar-refractivity contribution is 6.35. The van der Waals surface area contributed by atoms with Crippen LogP contribution in [0.25, 0.3) is 5.57 Å². The number of nitrogens with zero attached hydrogens (tertiary/aromatic N) is 2. The van der Waals surface area contributed by atoms with Gasteiger partial charge < -0.3 is 14.7 Å². The van der Waals surface area contributed by atoms with Gasteiger partial charge in [0.1, 0.15) is 11.5 Å². The van der Waals surface area contributed by atoms with Crippen LogP contribution in [0.4, 0.5) is 4.39 Å². The molecule has 2 amide bonds. The molecule has 1 atom stereocenters. The Morgan fingerprint density at radius 2 is 1.87 bits per heavy atom. The van der Waals surface area contributed by atoms with Crippen molar-refractivity contribution in [1.29, 1.82) is 0 Å². The van der Waals surface area contributed by atoms with E-state index >= 15 is 0 Å². The van der Waals surface area contributed by atoms with Crippen LogP contribution < -0.4 is 0 Å². The highest BCUT2D eigenvalue weighted by Gasteiger charge is 2.42. The second-order valence-electron chi connectivity index (χ2n) is 7.95. The molecule has 2 heterocycles. The van der Waals surface area contributed by atoms with E-state index in [1.165, 1.54) is 17.0 Å². The summed E-state index contributed by atoms with van der Waals surface area (Å²) in [4.78, 5) is 29.7. The van der Waals surface area contributed by atoms with Gasteiger partial charge in [-0.15, -0.1) is 0 Å². The number of hydrogen-bond acceptors (Lipinski definition) is 5. The number of piperidine rings is 1. The molecule has 6 nitrogen and oxygen atoms in total. The lowest BCUT2D eigenvalue weighted by Gasteiger charge is -2.34. The normalized spacial score (nSPS) is 19.9. The molecule has 3 rings (SSSR count). The molecule has 0 saturated carbocycles. The van der Waals surface area contributed by atoms with Gasteiger partial charge in [0.2, 0.25) is 0 Å². The number of imide groups is 1. The number of likely N-dealkylation sites (tertiary alicyclic amines) is 1. The van der Waals surface area contributed by atoms with E-state index in [0.717, 1.165) is 25.7 Å². The first-order valence-corrected chi connectivity index (χ1v) is 10.9. The summed E-state index contributed by atoms with van der Waals surface area (Å²) in [5, 5.41) is 9.58. The zero-order chi connectivity index (χ0) is 21.5. The Labute approximate surface area is 177 Å². The van der Waals surface area contributed by atoms with Gasteiger partial charge in [-0.05, 0) is 49.3 Å². The van der Waals surface area contributed by atoms with Crippen LogP contribution in [0.15, 0.2) is 30.0 Å². The summed E-state index contributed by atoms with van der Waals surface area (Å²) >= 11 is 0. The van der Waals surface area contributed by atoms with Crippen molar-refractivity contribution >= 4 is 17.4 Å². The second kappa shape index (κ2) is 10.7. The van der Waals surface area contributed by atoms with E-state index < -0.39 is 5.82 Å². The van der Waals surface area contributed by atoms with Crippen LogP contribution in [0, 0.1) is 11.7 Å². The molecule has 2 aliphatic heterocycles. The number of rotatable bonds is 10. The van der Waals surface area contributed by atoms with Gasteiger partial charge >= 0.3 is 0 Å². The summed E-state index contributed by atoms with van der Waals surface area (Å²) in [6.45, 7) is 4.80. The highest BCUT2D eigenvalue weighted by Crippen LogP contribution is 2.34. The Balaban J connectivity index is 1.81. The fraction of sp³-hybridized carbons (Fsp3) is 0.565. The maximum atomic E-state index is 13.4. The molecule has 7 heteroatoms. The third kappa shape index (κ3) is 5.08. The van der Waals surface area contributed by atoms with E-state index in [1.54, 1.807) is 12.1 Å². The minimum absolute atomic E-state index is 0.0522. The fourth-order valence-electron chi connectivity index (χ4n) is 4.03. The zero-order valence-electron chi connectivity index (χ0n) is 17.6. The van der Waals surface area contributed by atoms with Crippen molar-refractivity contribution in [3.63, 3.8) is 0 Å². The largest absolute Gasteiger partial charge is 0.396 e. The standard InChI is InChI=1S/C23H31FN2O4/c1-2-3-13-30-14-5-12-26-22(28)20(18-7-9-19(24)10-8-18)21(23(26)29)25-11-4-6-17(15-25)16-27/h7-10,17,27H,2-6,11-16H2,1H3.